The molecule has 1 saturated heterocycles. The van der Waals surface area contributed by atoms with E-state index in [-0.39, 0.29) is 28.3 Å². The van der Waals surface area contributed by atoms with Gasteiger partial charge in [-0.05, 0) is 23.8 Å². The van der Waals surface area contributed by atoms with E-state index in [9.17, 15) is 18.3 Å². The molecule has 2 heterocycles. The Kier molecular flexibility index (Phi) is 6.38. The van der Waals surface area contributed by atoms with E-state index in [0.717, 1.165) is 17.9 Å². The van der Waals surface area contributed by atoms with E-state index in [1.807, 2.05) is 0 Å². The van der Waals surface area contributed by atoms with Crippen molar-refractivity contribution in [1.29, 1.82) is 0 Å². The summed E-state index contributed by atoms with van der Waals surface area (Å²) in [5.41, 5.74) is 0. The van der Waals surface area contributed by atoms with Gasteiger partial charge in [0.05, 0.1) is 0 Å². The van der Waals surface area contributed by atoms with Crippen molar-refractivity contribution in [2.24, 2.45) is 11.1 Å². The Morgan fingerprint density at radius 3 is 2.75 bits per heavy atom. The summed E-state index contributed by atoms with van der Waals surface area (Å²) < 4.78 is 23.2. The molecule has 0 radical (unpaired) electrons. The molecule has 1 fully saturated rings. The quantitative estimate of drug-likeness (QED) is 0.756. The monoisotopic (exact) mass is 375 g/mol. The number of nitrogens with two attached hydrogens (primary N) is 1. The SMILES string of the molecule is CC(C)CN1CCN(C(=O)c2sccc2S(N)(=O)=O)C[C@@H]1CCO. The third-order valence-corrected chi connectivity index (χ3v) is 6.07. The molecule has 0 saturated carbocycles. The first-order valence-electron chi connectivity index (χ1n) is 7.98. The Bertz CT molecular complexity index is 672. The van der Waals surface area contributed by atoms with Gasteiger partial charge < -0.3 is 10.0 Å². The smallest absolute Gasteiger partial charge is 0.265 e. The van der Waals surface area contributed by atoms with Crippen LogP contribution in [0, 0.1) is 5.92 Å². The summed E-state index contributed by atoms with van der Waals surface area (Å²) >= 11 is 1.09. The fourth-order valence-corrected chi connectivity index (χ4v) is 4.97. The van der Waals surface area contributed by atoms with Gasteiger partial charge in [0.2, 0.25) is 10.0 Å². The summed E-state index contributed by atoms with van der Waals surface area (Å²) in [6.07, 6.45) is 0.586. The van der Waals surface area contributed by atoms with Crippen molar-refractivity contribution in [1.82, 2.24) is 9.80 Å². The lowest BCUT2D eigenvalue weighted by atomic mass is 10.1. The molecule has 136 valence electrons. The van der Waals surface area contributed by atoms with E-state index in [1.54, 1.807) is 10.3 Å². The minimum atomic E-state index is -3.91. The molecule has 0 spiro atoms. The van der Waals surface area contributed by atoms with Crippen molar-refractivity contribution < 1.29 is 18.3 Å². The molecule has 0 bridgehead atoms. The van der Waals surface area contributed by atoms with Crippen LogP contribution in [0.5, 0.6) is 0 Å². The largest absolute Gasteiger partial charge is 0.396 e. The van der Waals surface area contributed by atoms with E-state index in [1.165, 1.54) is 6.07 Å². The molecule has 2 rings (SSSR count). The summed E-state index contributed by atoms with van der Waals surface area (Å²) in [4.78, 5) is 16.8. The third-order valence-electron chi connectivity index (χ3n) is 4.08. The second-order valence-corrected chi connectivity index (χ2v) is 8.91. The summed E-state index contributed by atoms with van der Waals surface area (Å²) in [5, 5.41) is 16.1. The number of aliphatic hydroxyl groups excluding tert-OH is 1. The highest BCUT2D eigenvalue weighted by Gasteiger charge is 2.32. The Morgan fingerprint density at radius 2 is 2.17 bits per heavy atom. The molecule has 3 N–H and O–H groups in total. The lowest BCUT2D eigenvalue weighted by molar-refractivity contribution is 0.0385. The van der Waals surface area contributed by atoms with Gasteiger partial charge in [0.1, 0.15) is 9.77 Å². The van der Waals surface area contributed by atoms with Crippen LogP contribution in [0.15, 0.2) is 16.3 Å². The lowest BCUT2D eigenvalue weighted by Gasteiger charge is -2.42. The number of primary sulfonamides is 1. The molecule has 9 heteroatoms. The number of aliphatic hydroxyl groups is 1. The number of carbonyl (C=O) groups excluding carboxylic acids is 1. The molecule has 1 amide bonds. The molecule has 1 aromatic heterocycles. The van der Waals surface area contributed by atoms with Crippen molar-refractivity contribution in [2.75, 3.05) is 32.8 Å². The highest BCUT2D eigenvalue weighted by Crippen LogP contribution is 2.24. The van der Waals surface area contributed by atoms with Crippen molar-refractivity contribution in [3.05, 3.63) is 16.3 Å². The van der Waals surface area contributed by atoms with Gasteiger partial charge in [-0.25, -0.2) is 13.6 Å². The molecule has 1 aromatic rings. The highest BCUT2D eigenvalue weighted by molar-refractivity contribution is 7.89. The molecule has 7 nitrogen and oxygen atoms in total. The number of hydrogen-bond donors (Lipinski definition) is 2. The zero-order chi connectivity index (χ0) is 17.9. The lowest BCUT2D eigenvalue weighted by Crippen LogP contribution is -2.55. The Balaban J connectivity index is 2.16. The number of thiophene rings is 1. The standard InChI is InChI=1S/C15H25N3O4S2/c1-11(2)9-17-5-6-18(10-12(17)3-7-19)15(20)14-13(4-8-23-14)24(16,21)22/h4,8,11-12,19H,3,5-7,9-10H2,1-2H3,(H2,16,21,22)/t12-/m0/s1. The fraction of sp³-hybridized carbons (Fsp3) is 0.667. The van der Waals surface area contributed by atoms with Crippen LogP contribution >= 0.6 is 11.3 Å². The maximum absolute atomic E-state index is 12.7. The van der Waals surface area contributed by atoms with Crippen LogP contribution < -0.4 is 5.14 Å². The maximum atomic E-state index is 12.7. The average Bonchev–Trinajstić information content (AvgIpc) is 2.97. The van der Waals surface area contributed by atoms with Crippen LogP contribution in [0.3, 0.4) is 0 Å². The predicted octanol–water partition coefficient (Wildman–Crippen LogP) is 0.560. The number of amides is 1. The van der Waals surface area contributed by atoms with Gasteiger partial charge in [0.15, 0.2) is 0 Å². The molecule has 1 aliphatic rings. The first-order chi connectivity index (χ1) is 11.2. The molecule has 0 aromatic carbocycles. The zero-order valence-electron chi connectivity index (χ0n) is 14.0. The number of nitrogens with zero attached hydrogens (tertiary/aromatic N) is 2. The van der Waals surface area contributed by atoms with Crippen molar-refractivity contribution in [3.8, 4) is 0 Å². The first-order valence-corrected chi connectivity index (χ1v) is 10.4. The first kappa shape index (κ1) is 19.3. The van der Waals surface area contributed by atoms with E-state index >= 15 is 0 Å². The van der Waals surface area contributed by atoms with Gasteiger partial charge in [0, 0.05) is 38.8 Å². The van der Waals surface area contributed by atoms with Gasteiger partial charge in [0.25, 0.3) is 5.91 Å². The summed E-state index contributed by atoms with van der Waals surface area (Å²) in [5.74, 6) is 0.195. The van der Waals surface area contributed by atoms with Crippen LogP contribution in [0.1, 0.15) is 29.9 Å². The summed E-state index contributed by atoms with van der Waals surface area (Å²) in [6.45, 7) is 6.97. The van der Waals surface area contributed by atoms with Crippen molar-refractivity contribution in [3.63, 3.8) is 0 Å². The molecule has 24 heavy (non-hydrogen) atoms. The predicted molar refractivity (Wildman–Crippen MR) is 93.5 cm³/mol. The number of sulfonamides is 1. The van der Waals surface area contributed by atoms with E-state index in [2.05, 4.69) is 18.7 Å². The van der Waals surface area contributed by atoms with Crippen molar-refractivity contribution >= 4 is 27.3 Å². The Labute approximate surface area is 147 Å². The van der Waals surface area contributed by atoms with Crippen LogP contribution in [0.25, 0.3) is 0 Å². The topological polar surface area (TPSA) is 104 Å². The van der Waals surface area contributed by atoms with Gasteiger partial charge in [-0.15, -0.1) is 11.3 Å². The van der Waals surface area contributed by atoms with E-state index in [4.69, 9.17) is 5.14 Å². The van der Waals surface area contributed by atoms with Crippen LogP contribution in [0.2, 0.25) is 0 Å². The van der Waals surface area contributed by atoms with E-state index in [0.29, 0.717) is 32.0 Å². The normalized spacial score (nSPS) is 19.9. The van der Waals surface area contributed by atoms with Crippen molar-refractivity contribution in [2.45, 2.75) is 31.2 Å². The molecule has 1 aliphatic heterocycles. The number of rotatable bonds is 6. The van der Waals surface area contributed by atoms with Gasteiger partial charge in [-0.3, -0.25) is 9.69 Å². The Morgan fingerprint density at radius 1 is 1.46 bits per heavy atom. The third kappa shape index (κ3) is 4.54. The average molecular weight is 376 g/mol. The second kappa shape index (κ2) is 7.92. The van der Waals surface area contributed by atoms with Crippen LogP contribution in [0.4, 0.5) is 0 Å². The van der Waals surface area contributed by atoms with E-state index < -0.39 is 10.0 Å². The fourth-order valence-electron chi connectivity index (χ4n) is 3.03. The van der Waals surface area contributed by atoms with Crippen LogP contribution in [-0.2, 0) is 10.0 Å². The molecular weight excluding hydrogens is 350 g/mol. The zero-order valence-corrected chi connectivity index (χ0v) is 15.6. The molecule has 0 unspecified atom stereocenters. The number of carbonyl (C=O) groups is 1. The highest BCUT2D eigenvalue weighted by atomic mass is 32.2. The summed E-state index contributed by atoms with van der Waals surface area (Å²) in [6, 6.07) is 1.45. The second-order valence-electron chi connectivity index (χ2n) is 6.47. The molecule has 1 atom stereocenters. The van der Waals surface area contributed by atoms with Crippen LogP contribution in [-0.4, -0.2) is 68.1 Å². The minimum Gasteiger partial charge on any atom is -0.396 e. The number of piperazine rings is 1. The molecular formula is C15H25N3O4S2. The summed E-state index contributed by atoms with van der Waals surface area (Å²) in [7, 11) is -3.91. The number of hydrogen-bond acceptors (Lipinski definition) is 6. The Hall–Kier alpha value is -1.00. The molecule has 0 aliphatic carbocycles. The van der Waals surface area contributed by atoms with Gasteiger partial charge in [-0.2, -0.15) is 0 Å². The minimum absolute atomic E-state index is 0.0583. The maximum Gasteiger partial charge on any atom is 0.265 e. The van der Waals surface area contributed by atoms with Gasteiger partial charge in [-0.1, -0.05) is 13.8 Å². The van der Waals surface area contributed by atoms with Gasteiger partial charge >= 0.3 is 0 Å².